The summed E-state index contributed by atoms with van der Waals surface area (Å²) in [4.78, 5) is 11.4. The minimum atomic E-state index is -0.546. The number of ether oxygens (including phenoxy) is 8. The number of rotatable bonds is 37. The Labute approximate surface area is 290 Å². The summed E-state index contributed by atoms with van der Waals surface area (Å²) in [7, 11) is 12.6. The van der Waals surface area contributed by atoms with E-state index >= 15 is 0 Å². The molecule has 10 nitrogen and oxygen atoms in total. The first-order valence-electron chi connectivity index (χ1n) is 15.2. The van der Waals surface area contributed by atoms with E-state index in [4.69, 9.17) is 37.9 Å². The van der Waals surface area contributed by atoms with Crippen LogP contribution < -0.4 is 5.32 Å². The lowest BCUT2D eigenvalue weighted by molar-refractivity contribution is -0.128. The Kier molecular flexibility index (Phi) is 38.1. The number of carbonyl (C=O) groups excluding carboxylic acids is 1. The van der Waals surface area contributed by atoms with Crippen molar-refractivity contribution in [3.8, 4) is 0 Å². The zero-order valence-electron chi connectivity index (χ0n) is 27.2. The number of carbonyl (C=O) groups is 1. The van der Waals surface area contributed by atoms with Crippen molar-refractivity contribution in [2.45, 2.75) is 20.8 Å². The molecular weight excluding hydrogens is 687 g/mol. The van der Waals surface area contributed by atoms with Crippen LogP contribution in [-0.4, -0.2) is 153 Å². The molecule has 0 saturated carbocycles. The van der Waals surface area contributed by atoms with Gasteiger partial charge in [0.05, 0.1) is 105 Å². The second-order valence-electron chi connectivity index (χ2n) is 8.96. The molecule has 0 aliphatic carbocycles. The molecule has 0 aromatic rings. The van der Waals surface area contributed by atoms with Crippen LogP contribution in [0.25, 0.3) is 0 Å². The predicted octanol–water partition coefficient (Wildman–Crippen LogP) is 5.06. The number of amides is 1. The Balaban J connectivity index is 4.88. The number of hydrogen-bond acceptors (Lipinski definition) is 15. The average Bonchev–Trinajstić information content (AvgIpc) is 3.03. The van der Waals surface area contributed by atoms with Crippen LogP contribution in [0, 0.1) is 5.41 Å². The highest BCUT2D eigenvalue weighted by molar-refractivity contribution is 8.77. The normalized spacial score (nSPS) is 11.8. The first kappa shape index (κ1) is 45.2. The van der Waals surface area contributed by atoms with Crippen LogP contribution in [0.1, 0.15) is 20.8 Å². The molecule has 44 heavy (non-hydrogen) atoms. The lowest BCUT2D eigenvalue weighted by atomic mass is 9.92. The van der Waals surface area contributed by atoms with Crippen LogP contribution >= 0.6 is 64.8 Å². The van der Waals surface area contributed by atoms with Gasteiger partial charge < -0.3 is 43.2 Å². The van der Waals surface area contributed by atoms with Gasteiger partial charge in [0.2, 0.25) is 5.91 Å². The summed E-state index contributed by atoms with van der Waals surface area (Å²) in [5.41, 5.74) is -0.546. The summed E-state index contributed by atoms with van der Waals surface area (Å²) in [5, 5.41) is 2.54. The van der Waals surface area contributed by atoms with Crippen LogP contribution in [0.15, 0.2) is 0 Å². The van der Waals surface area contributed by atoms with Crippen LogP contribution in [-0.2, 0) is 42.7 Å². The molecule has 0 aromatic carbocycles. The Morgan fingerprint density at radius 2 is 0.795 bits per heavy atom. The topological polar surface area (TPSA) is 103 Å². The third-order valence-electron chi connectivity index (χ3n) is 5.17. The van der Waals surface area contributed by atoms with Gasteiger partial charge in [0.15, 0.2) is 0 Å². The van der Waals surface area contributed by atoms with Crippen LogP contribution in [0.4, 0.5) is 0 Å². The van der Waals surface area contributed by atoms with Crippen molar-refractivity contribution in [1.82, 2.24) is 5.32 Å². The standard InChI is InChI=1S/C28H57NO9S6/c1-5-39-42-19-16-31-8-12-35-23-28(26-38-15-11-34-22-27(30)29-4,24-36-13-9-32-17-20-43-40-6-2)25-37-14-10-33-18-21-44-41-7-3/h5-26H2,1-4H3,(H,29,30). The van der Waals surface area contributed by atoms with Gasteiger partial charge in [-0.3, -0.25) is 4.79 Å². The molecule has 0 fully saturated rings. The van der Waals surface area contributed by atoms with Gasteiger partial charge in [-0.05, 0) is 0 Å². The third kappa shape index (κ3) is 31.8. The van der Waals surface area contributed by atoms with Crippen molar-refractivity contribution >= 4 is 70.7 Å². The first-order valence-corrected chi connectivity index (χ1v) is 22.7. The Morgan fingerprint density at radius 1 is 0.477 bits per heavy atom. The quantitative estimate of drug-likeness (QED) is 0.0678. The molecule has 0 aliphatic rings. The van der Waals surface area contributed by atoms with Crippen molar-refractivity contribution in [3.63, 3.8) is 0 Å². The van der Waals surface area contributed by atoms with Crippen molar-refractivity contribution < 1.29 is 42.7 Å². The van der Waals surface area contributed by atoms with Gasteiger partial charge in [0, 0.05) is 41.6 Å². The summed E-state index contributed by atoms with van der Waals surface area (Å²) in [6.45, 7) is 13.6. The van der Waals surface area contributed by atoms with Gasteiger partial charge in [-0.25, -0.2) is 0 Å². The van der Waals surface area contributed by atoms with E-state index in [9.17, 15) is 4.79 Å². The minimum absolute atomic E-state index is 0.00124. The Hall–Kier alpha value is 1.25. The zero-order chi connectivity index (χ0) is 32.2. The maximum atomic E-state index is 11.4. The molecule has 0 atom stereocenters. The van der Waals surface area contributed by atoms with Gasteiger partial charge in [0.1, 0.15) is 6.61 Å². The summed E-state index contributed by atoms with van der Waals surface area (Å²) in [6.07, 6.45) is 0. The van der Waals surface area contributed by atoms with E-state index in [1.54, 1.807) is 7.05 Å². The molecule has 0 unspecified atom stereocenters. The number of likely N-dealkylation sites (N-methyl/N-ethyl adjacent to an activating group) is 1. The van der Waals surface area contributed by atoms with Gasteiger partial charge >= 0.3 is 0 Å². The summed E-state index contributed by atoms with van der Waals surface area (Å²) < 4.78 is 46.8. The zero-order valence-corrected chi connectivity index (χ0v) is 32.1. The Bertz CT molecular complexity index is 551. The monoisotopic (exact) mass is 743 g/mol. The van der Waals surface area contributed by atoms with E-state index in [-0.39, 0.29) is 12.5 Å². The van der Waals surface area contributed by atoms with Gasteiger partial charge in [-0.1, -0.05) is 85.5 Å². The van der Waals surface area contributed by atoms with E-state index in [1.807, 2.05) is 64.8 Å². The maximum Gasteiger partial charge on any atom is 0.245 e. The Morgan fingerprint density at radius 3 is 1.11 bits per heavy atom. The fourth-order valence-corrected chi connectivity index (χ4v) is 7.71. The van der Waals surface area contributed by atoms with E-state index < -0.39 is 5.41 Å². The van der Waals surface area contributed by atoms with Crippen molar-refractivity contribution in [2.24, 2.45) is 5.41 Å². The molecule has 0 bridgehead atoms. The average molecular weight is 744 g/mol. The smallest absolute Gasteiger partial charge is 0.245 e. The highest BCUT2D eigenvalue weighted by Crippen LogP contribution is 2.22. The highest BCUT2D eigenvalue weighted by Gasteiger charge is 2.32. The lowest BCUT2D eigenvalue weighted by Crippen LogP contribution is -2.43. The van der Waals surface area contributed by atoms with Gasteiger partial charge in [0.25, 0.3) is 0 Å². The molecule has 16 heteroatoms. The number of hydrogen-bond donors (Lipinski definition) is 1. The maximum absolute atomic E-state index is 11.4. The molecule has 264 valence electrons. The molecule has 0 saturated heterocycles. The van der Waals surface area contributed by atoms with Crippen molar-refractivity contribution in [2.75, 3.05) is 147 Å². The highest BCUT2D eigenvalue weighted by atomic mass is 33.1. The van der Waals surface area contributed by atoms with E-state index in [1.165, 1.54) is 0 Å². The predicted molar refractivity (Wildman–Crippen MR) is 195 cm³/mol. The molecule has 0 heterocycles. The molecular formula is C28H57NO9S6. The summed E-state index contributed by atoms with van der Waals surface area (Å²) >= 11 is 0. The first-order chi connectivity index (χ1) is 21.6. The van der Waals surface area contributed by atoms with Gasteiger partial charge in [-0.15, -0.1) is 0 Å². The van der Waals surface area contributed by atoms with Crippen LogP contribution in [0.2, 0.25) is 0 Å². The van der Waals surface area contributed by atoms with Crippen molar-refractivity contribution in [3.05, 3.63) is 0 Å². The van der Waals surface area contributed by atoms with Crippen LogP contribution in [0.5, 0.6) is 0 Å². The fourth-order valence-electron chi connectivity index (χ4n) is 3.12. The molecule has 0 rings (SSSR count). The second kappa shape index (κ2) is 37.1. The largest absolute Gasteiger partial charge is 0.378 e. The molecule has 0 spiro atoms. The lowest BCUT2D eigenvalue weighted by Gasteiger charge is -2.33. The molecule has 0 aromatic heterocycles. The molecule has 1 N–H and O–H groups in total. The second-order valence-corrected chi connectivity index (χ2v) is 17.6. The summed E-state index contributed by atoms with van der Waals surface area (Å²) in [5.74, 6) is 5.97. The minimum Gasteiger partial charge on any atom is -0.378 e. The number of nitrogens with one attached hydrogen (secondary N) is 1. The van der Waals surface area contributed by atoms with E-state index in [2.05, 4.69) is 26.1 Å². The molecule has 1 amide bonds. The van der Waals surface area contributed by atoms with Crippen LogP contribution in [0.3, 0.4) is 0 Å². The fraction of sp³-hybridized carbons (Fsp3) is 0.964. The van der Waals surface area contributed by atoms with E-state index in [0.29, 0.717) is 99.1 Å². The van der Waals surface area contributed by atoms with E-state index in [0.717, 1.165) is 34.5 Å². The third-order valence-corrected chi connectivity index (χ3v) is 12.5. The van der Waals surface area contributed by atoms with Gasteiger partial charge in [-0.2, -0.15) is 0 Å². The SMILES string of the molecule is CCSSCCOCCOCC(COCCOCCSSCC)(COCCOCCSSCC)COCCOCC(=O)NC. The van der Waals surface area contributed by atoms with Crippen molar-refractivity contribution in [1.29, 1.82) is 0 Å². The molecule has 0 aliphatic heterocycles. The molecule has 0 radical (unpaired) electrons. The summed E-state index contributed by atoms with van der Waals surface area (Å²) in [6, 6.07) is 0.